The Kier molecular flexibility index (Phi) is 4.01. The topological polar surface area (TPSA) is 38.9 Å². The number of halogens is 2. The van der Waals surface area contributed by atoms with Crippen LogP contribution in [0.15, 0.2) is 62.8 Å². The fraction of sp³-hybridized carbons (Fsp3) is 0.0588. The van der Waals surface area contributed by atoms with Crippen LogP contribution in [0.4, 0.5) is 0 Å². The second kappa shape index (κ2) is 6.15. The van der Waals surface area contributed by atoms with Crippen molar-refractivity contribution in [1.29, 1.82) is 0 Å². The van der Waals surface area contributed by atoms with Crippen LogP contribution in [0.2, 0.25) is 5.02 Å². The molecule has 0 saturated carbocycles. The molecule has 0 spiro atoms. The number of hydrogen-bond acceptors (Lipinski definition) is 4. The summed E-state index contributed by atoms with van der Waals surface area (Å²) in [6, 6.07) is 13.7. The number of hydrogen-bond donors (Lipinski definition) is 0. The smallest absolute Gasteiger partial charge is 0.257 e. The van der Waals surface area contributed by atoms with E-state index in [-0.39, 0.29) is 0 Å². The number of aromatic nitrogens is 2. The standard InChI is InChI=1S/C17H10BrClN2OS/c18-12-6-2-1-4-10(12)9-23-17-21-14-8-13(19)11-5-3-7-20-15(11)16(14)22-17/h1-8H,9H2. The summed E-state index contributed by atoms with van der Waals surface area (Å²) in [5, 5.41) is 2.13. The van der Waals surface area contributed by atoms with Crippen molar-refractivity contribution in [2.45, 2.75) is 11.0 Å². The third kappa shape index (κ3) is 2.84. The molecular weight excluding hydrogens is 396 g/mol. The van der Waals surface area contributed by atoms with Gasteiger partial charge in [0, 0.05) is 21.8 Å². The highest BCUT2D eigenvalue weighted by Crippen LogP contribution is 2.34. The van der Waals surface area contributed by atoms with Crippen LogP contribution in [0.5, 0.6) is 0 Å². The van der Waals surface area contributed by atoms with Gasteiger partial charge in [0.1, 0.15) is 11.0 Å². The summed E-state index contributed by atoms with van der Waals surface area (Å²) < 4.78 is 7.00. The molecule has 0 amide bonds. The van der Waals surface area contributed by atoms with E-state index in [4.69, 9.17) is 16.0 Å². The number of fused-ring (bicyclic) bond motifs is 3. The average molecular weight is 406 g/mol. The van der Waals surface area contributed by atoms with Gasteiger partial charge in [-0.2, -0.15) is 0 Å². The van der Waals surface area contributed by atoms with E-state index in [0.717, 1.165) is 26.6 Å². The van der Waals surface area contributed by atoms with Crippen molar-refractivity contribution in [2.24, 2.45) is 0 Å². The van der Waals surface area contributed by atoms with Crippen LogP contribution >= 0.6 is 39.3 Å². The molecule has 114 valence electrons. The molecule has 3 nitrogen and oxygen atoms in total. The fourth-order valence-corrected chi connectivity index (χ4v) is 4.07. The van der Waals surface area contributed by atoms with E-state index in [2.05, 4.69) is 32.0 Å². The van der Waals surface area contributed by atoms with Gasteiger partial charge in [0.25, 0.3) is 5.22 Å². The molecular formula is C17H10BrClN2OS. The third-order valence-electron chi connectivity index (χ3n) is 3.49. The molecule has 23 heavy (non-hydrogen) atoms. The van der Waals surface area contributed by atoms with Crippen LogP contribution in [0.3, 0.4) is 0 Å². The zero-order valence-electron chi connectivity index (χ0n) is 11.8. The minimum Gasteiger partial charge on any atom is -0.429 e. The Morgan fingerprint density at radius 1 is 1.17 bits per heavy atom. The van der Waals surface area contributed by atoms with Gasteiger partial charge < -0.3 is 4.42 Å². The van der Waals surface area contributed by atoms with Crippen molar-refractivity contribution < 1.29 is 4.42 Å². The second-order valence-electron chi connectivity index (χ2n) is 4.97. The van der Waals surface area contributed by atoms with Crippen LogP contribution in [-0.2, 0) is 5.75 Å². The Labute approximate surface area is 150 Å². The van der Waals surface area contributed by atoms with E-state index in [1.165, 1.54) is 5.56 Å². The first-order valence-corrected chi connectivity index (χ1v) is 9.08. The first-order valence-electron chi connectivity index (χ1n) is 6.92. The van der Waals surface area contributed by atoms with Crippen molar-refractivity contribution in [2.75, 3.05) is 0 Å². The zero-order valence-corrected chi connectivity index (χ0v) is 15.0. The van der Waals surface area contributed by atoms with Gasteiger partial charge in [0.2, 0.25) is 0 Å². The maximum atomic E-state index is 6.30. The van der Waals surface area contributed by atoms with Crippen LogP contribution in [0, 0.1) is 0 Å². The number of rotatable bonds is 3. The van der Waals surface area contributed by atoms with E-state index in [1.54, 1.807) is 18.0 Å². The van der Waals surface area contributed by atoms with E-state index >= 15 is 0 Å². The quantitative estimate of drug-likeness (QED) is 0.387. The SMILES string of the molecule is Clc1cc2nc(SCc3ccccc3Br)oc2c2ncccc12. The highest BCUT2D eigenvalue weighted by Gasteiger charge is 2.13. The van der Waals surface area contributed by atoms with Gasteiger partial charge in [-0.15, -0.1) is 0 Å². The monoisotopic (exact) mass is 404 g/mol. The van der Waals surface area contributed by atoms with Crippen LogP contribution in [-0.4, -0.2) is 9.97 Å². The summed E-state index contributed by atoms with van der Waals surface area (Å²) in [5.74, 6) is 0.771. The van der Waals surface area contributed by atoms with Crippen molar-refractivity contribution in [3.8, 4) is 0 Å². The van der Waals surface area contributed by atoms with Gasteiger partial charge in [0.15, 0.2) is 5.58 Å². The normalized spacial score (nSPS) is 11.4. The van der Waals surface area contributed by atoms with Crippen LogP contribution in [0.1, 0.15) is 5.56 Å². The van der Waals surface area contributed by atoms with Crippen molar-refractivity contribution in [1.82, 2.24) is 9.97 Å². The van der Waals surface area contributed by atoms with Gasteiger partial charge in [-0.1, -0.05) is 57.5 Å². The molecule has 4 aromatic rings. The lowest BCUT2D eigenvalue weighted by Gasteiger charge is -2.01. The summed E-state index contributed by atoms with van der Waals surface area (Å²) in [6.07, 6.45) is 1.73. The minimum absolute atomic E-state index is 0.616. The molecule has 0 N–H and O–H groups in total. The summed E-state index contributed by atoms with van der Waals surface area (Å²) in [7, 11) is 0. The Bertz CT molecular complexity index is 1020. The number of pyridine rings is 1. The summed E-state index contributed by atoms with van der Waals surface area (Å²) in [4.78, 5) is 8.91. The van der Waals surface area contributed by atoms with Crippen LogP contribution in [0.25, 0.3) is 22.0 Å². The largest absolute Gasteiger partial charge is 0.429 e. The molecule has 0 aliphatic rings. The van der Waals surface area contributed by atoms with Gasteiger partial charge in [-0.25, -0.2) is 4.98 Å². The molecule has 0 aliphatic heterocycles. The molecule has 2 aromatic heterocycles. The third-order valence-corrected chi connectivity index (χ3v) is 5.45. The lowest BCUT2D eigenvalue weighted by atomic mass is 10.2. The summed E-state index contributed by atoms with van der Waals surface area (Å²) in [6.45, 7) is 0. The second-order valence-corrected chi connectivity index (χ2v) is 7.15. The molecule has 0 unspecified atom stereocenters. The van der Waals surface area contributed by atoms with Gasteiger partial charge in [-0.05, 0) is 29.8 Å². The first-order chi connectivity index (χ1) is 11.2. The maximum Gasteiger partial charge on any atom is 0.257 e. The molecule has 0 aliphatic carbocycles. The average Bonchev–Trinajstić information content (AvgIpc) is 2.97. The molecule has 6 heteroatoms. The number of benzene rings is 2. The van der Waals surface area contributed by atoms with Crippen LogP contribution < -0.4 is 0 Å². The van der Waals surface area contributed by atoms with E-state index in [0.29, 0.717) is 15.8 Å². The van der Waals surface area contributed by atoms with E-state index in [1.807, 2.05) is 36.4 Å². The van der Waals surface area contributed by atoms with Crippen molar-refractivity contribution in [3.63, 3.8) is 0 Å². The highest BCUT2D eigenvalue weighted by atomic mass is 79.9. The Morgan fingerprint density at radius 2 is 2.04 bits per heavy atom. The first kappa shape index (κ1) is 15.0. The summed E-state index contributed by atoms with van der Waals surface area (Å²) >= 11 is 11.4. The molecule has 4 rings (SSSR count). The number of oxazole rings is 1. The van der Waals surface area contributed by atoms with Gasteiger partial charge in [-0.3, -0.25) is 4.98 Å². The highest BCUT2D eigenvalue weighted by molar-refractivity contribution is 9.10. The van der Waals surface area contributed by atoms with Gasteiger partial charge >= 0.3 is 0 Å². The molecule has 2 heterocycles. The minimum atomic E-state index is 0.616. The molecule has 2 aromatic carbocycles. The Balaban J connectivity index is 1.72. The number of thioether (sulfide) groups is 1. The zero-order chi connectivity index (χ0) is 15.8. The number of nitrogens with zero attached hydrogens (tertiary/aromatic N) is 2. The van der Waals surface area contributed by atoms with E-state index < -0.39 is 0 Å². The molecule has 0 radical (unpaired) electrons. The lowest BCUT2D eigenvalue weighted by Crippen LogP contribution is -1.82. The lowest BCUT2D eigenvalue weighted by molar-refractivity contribution is 0.491. The molecule has 0 fully saturated rings. The Morgan fingerprint density at radius 3 is 2.91 bits per heavy atom. The predicted octanol–water partition coefficient (Wildman–Crippen LogP) is 6.08. The fourth-order valence-electron chi connectivity index (χ4n) is 2.37. The predicted molar refractivity (Wildman–Crippen MR) is 98.0 cm³/mol. The van der Waals surface area contributed by atoms with Crippen molar-refractivity contribution in [3.05, 3.63) is 63.7 Å². The van der Waals surface area contributed by atoms with Gasteiger partial charge in [0.05, 0.1) is 5.02 Å². The molecule has 0 atom stereocenters. The molecule has 0 saturated heterocycles. The Hall–Kier alpha value is -1.56. The van der Waals surface area contributed by atoms with Crippen molar-refractivity contribution >= 4 is 61.3 Å². The molecule has 0 bridgehead atoms. The summed E-state index contributed by atoms with van der Waals surface area (Å²) in [5.41, 5.74) is 3.35. The van der Waals surface area contributed by atoms with E-state index in [9.17, 15) is 0 Å². The maximum absolute atomic E-state index is 6.30.